The quantitative estimate of drug-likeness (QED) is 0.219. The number of hydrogen-bond donors (Lipinski definition) is 2. The molecule has 0 amide bonds. The van der Waals surface area contributed by atoms with Gasteiger partial charge in [-0.05, 0) is 35.6 Å². The molecular weight excluding hydrogens is 498 g/mol. The Labute approximate surface area is 238 Å². The number of nitrogens with zero attached hydrogens (tertiary/aromatic N) is 1. The van der Waals surface area contributed by atoms with E-state index in [0.29, 0.717) is 11.8 Å². The molecule has 41 heavy (non-hydrogen) atoms. The Morgan fingerprint density at radius 2 is 1.17 bits per heavy atom. The van der Waals surface area contributed by atoms with Gasteiger partial charge in [-0.15, -0.1) is 0 Å². The van der Waals surface area contributed by atoms with Crippen molar-refractivity contribution < 1.29 is 0 Å². The number of hydrogen-bond acceptors (Lipinski definition) is 1. The van der Waals surface area contributed by atoms with E-state index in [4.69, 9.17) is 4.98 Å². The maximum Gasteiger partial charge on any atom is 0.0730 e. The summed E-state index contributed by atoms with van der Waals surface area (Å²) in [4.78, 5) is 13.1. The molecule has 7 aromatic rings. The third-order valence-corrected chi connectivity index (χ3v) is 9.51. The second-order valence-electron chi connectivity index (χ2n) is 11.6. The number of rotatable bonds is 1. The maximum absolute atomic E-state index is 5.27. The first-order valence-corrected chi connectivity index (χ1v) is 14.7. The van der Waals surface area contributed by atoms with Crippen LogP contribution in [0.2, 0.25) is 0 Å². The predicted molar refractivity (Wildman–Crippen MR) is 172 cm³/mol. The summed E-state index contributed by atoms with van der Waals surface area (Å²) >= 11 is 0. The summed E-state index contributed by atoms with van der Waals surface area (Å²) in [6, 6.07) is 33.2. The zero-order valence-electron chi connectivity index (χ0n) is 22.9. The number of fused-ring (bicyclic) bond motifs is 11. The van der Waals surface area contributed by atoms with Crippen LogP contribution in [0, 0.1) is 5.92 Å². The first kappa shape index (κ1) is 22.9. The van der Waals surface area contributed by atoms with Crippen molar-refractivity contribution >= 4 is 49.2 Å². The number of pyridine rings is 1. The van der Waals surface area contributed by atoms with Crippen molar-refractivity contribution in [1.82, 2.24) is 15.0 Å². The summed E-state index contributed by atoms with van der Waals surface area (Å²) in [5.41, 5.74) is 13.0. The van der Waals surface area contributed by atoms with Gasteiger partial charge in [-0.3, -0.25) is 0 Å². The minimum Gasteiger partial charge on any atom is -0.354 e. The predicted octanol–water partition coefficient (Wildman–Crippen LogP) is 10.2. The molecule has 1 aliphatic heterocycles. The Balaban J connectivity index is 1.43. The highest BCUT2D eigenvalue weighted by molar-refractivity contribution is 6.15. The molecule has 2 unspecified atom stereocenters. The van der Waals surface area contributed by atoms with E-state index in [2.05, 4.69) is 126 Å². The average molecular weight is 528 g/mol. The summed E-state index contributed by atoms with van der Waals surface area (Å²) in [5.74, 6) is 0.804. The molecular formula is C38H29N3. The average Bonchev–Trinajstić information content (AvgIpc) is 3.52. The number of para-hydroxylation sites is 4. The lowest BCUT2D eigenvalue weighted by molar-refractivity contribution is 0.476. The van der Waals surface area contributed by atoms with Gasteiger partial charge in [-0.2, -0.15) is 0 Å². The Kier molecular flexibility index (Phi) is 4.77. The molecule has 0 saturated carbocycles. The van der Waals surface area contributed by atoms with Crippen molar-refractivity contribution in [2.24, 2.45) is 5.92 Å². The van der Waals surface area contributed by atoms with E-state index in [1.54, 1.807) is 0 Å². The van der Waals surface area contributed by atoms with Crippen molar-refractivity contribution in [2.45, 2.75) is 25.7 Å². The van der Waals surface area contributed by atoms with Crippen molar-refractivity contribution in [1.29, 1.82) is 0 Å². The molecule has 9 rings (SSSR count). The van der Waals surface area contributed by atoms with Crippen LogP contribution in [0.25, 0.3) is 71.7 Å². The molecule has 3 heteroatoms. The van der Waals surface area contributed by atoms with E-state index in [9.17, 15) is 0 Å². The van der Waals surface area contributed by atoms with E-state index >= 15 is 0 Å². The Bertz CT molecular complexity index is 2240. The Hall–Kier alpha value is -4.89. The normalized spacial score (nSPS) is 17.9. The zero-order chi connectivity index (χ0) is 27.1. The topological polar surface area (TPSA) is 44.5 Å². The van der Waals surface area contributed by atoms with Crippen LogP contribution in [0.4, 0.5) is 0 Å². The van der Waals surface area contributed by atoms with Crippen LogP contribution in [0.15, 0.2) is 109 Å². The minimum absolute atomic E-state index is 0.319. The zero-order valence-corrected chi connectivity index (χ0v) is 22.9. The van der Waals surface area contributed by atoms with Crippen molar-refractivity contribution in [3.8, 4) is 22.5 Å². The van der Waals surface area contributed by atoms with Crippen LogP contribution >= 0.6 is 0 Å². The molecule has 2 N–H and O–H groups in total. The molecule has 0 spiro atoms. The van der Waals surface area contributed by atoms with E-state index in [0.717, 1.165) is 46.4 Å². The van der Waals surface area contributed by atoms with Gasteiger partial charge in [0.2, 0.25) is 0 Å². The molecule has 0 fully saturated rings. The minimum atomic E-state index is 0.319. The summed E-state index contributed by atoms with van der Waals surface area (Å²) in [6.45, 7) is 2.34. The molecule has 3 aromatic heterocycles. The van der Waals surface area contributed by atoms with Gasteiger partial charge in [-0.1, -0.05) is 110 Å². The van der Waals surface area contributed by atoms with E-state index in [1.165, 1.54) is 49.3 Å². The highest BCUT2D eigenvalue weighted by Gasteiger charge is 2.27. The molecule has 0 saturated heterocycles. The number of allylic oxidation sites excluding steroid dienone is 4. The first-order valence-electron chi connectivity index (χ1n) is 14.7. The first-order chi connectivity index (χ1) is 20.3. The SMILES string of the molecule is CCC1CC2=CC=CC1c1cccc3c1[nH]c1c(cccc13)-c1cccc(n1)-c1cccc3c1[nH]c1c2cccc13. The standard InChI is InChI=1S/C38H29N3/c1-2-22-21-23-9-3-10-24(22)26-12-5-14-28-30-16-7-18-32(38(30)41-36(26)28)34-20-8-19-33(39-34)31-17-6-15-29-27-13-4-11-25(23)35(27)40-37(29)31/h3-20,22,24,40-41H,2,21H2,1H3. The van der Waals surface area contributed by atoms with Gasteiger partial charge in [0.05, 0.1) is 33.5 Å². The molecule has 2 atom stereocenters. The van der Waals surface area contributed by atoms with Crippen LogP contribution in [0.3, 0.4) is 0 Å². The van der Waals surface area contributed by atoms with Crippen LogP contribution in [-0.2, 0) is 0 Å². The Morgan fingerprint density at radius 1 is 0.634 bits per heavy atom. The van der Waals surface area contributed by atoms with E-state index in [1.807, 2.05) is 0 Å². The number of aromatic amines is 2. The molecule has 8 bridgehead atoms. The fourth-order valence-electron chi connectivity index (χ4n) is 7.51. The summed E-state index contributed by atoms with van der Waals surface area (Å²) < 4.78 is 0. The summed E-state index contributed by atoms with van der Waals surface area (Å²) in [5, 5.41) is 5.04. The fourth-order valence-corrected chi connectivity index (χ4v) is 7.51. The number of benzene rings is 4. The smallest absolute Gasteiger partial charge is 0.0730 e. The van der Waals surface area contributed by atoms with Gasteiger partial charge in [0.1, 0.15) is 0 Å². The number of nitrogens with one attached hydrogen (secondary N) is 2. The van der Waals surface area contributed by atoms with Gasteiger partial charge < -0.3 is 9.97 Å². The third-order valence-electron chi connectivity index (χ3n) is 9.51. The molecule has 1 aliphatic carbocycles. The van der Waals surface area contributed by atoms with Gasteiger partial charge >= 0.3 is 0 Å². The van der Waals surface area contributed by atoms with Crippen LogP contribution in [-0.4, -0.2) is 15.0 Å². The lowest BCUT2D eigenvalue weighted by Crippen LogP contribution is -2.11. The molecule has 4 aromatic carbocycles. The van der Waals surface area contributed by atoms with Crippen LogP contribution in [0.5, 0.6) is 0 Å². The van der Waals surface area contributed by atoms with Gasteiger partial charge in [0.25, 0.3) is 0 Å². The monoisotopic (exact) mass is 527 g/mol. The number of H-pyrrole nitrogens is 2. The van der Waals surface area contributed by atoms with Crippen molar-refractivity contribution in [3.05, 3.63) is 120 Å². The van der Waals surface area contributed by atoms with Gasteiger partial charge in [0.15, 0.2) is 0 Å². The van der Waals surface area contributed by atoms with E-state index < -0.39 is 0 Å². The van der Waals surface area contributed by atoms with E-state index in [-0.39, 0.29) is 0 Å². The van der Waals surface area contributed by atoms with Crippen molar-refractivity contribution in [3.63, 3.8) is 0 Å². The molecule has 196 valence electrons. The lowest BCUT2D eigenvalue weighted by Gasteiger charge is -2.25. The Morgan fingerprint density at radius 3 is 1.83 bits per heavy atom. The van der Waals surface area contributed by atoms with Gasteiger partial charge in [0, 0.05) is 44.2 Å². The van der Waals surface area contributed by atoms with Crippen molar-refractivity contribution in [2.75, 3.05) is 0 Å². The summed E-state index contributed by atoms with van der Waals surface area (Å²) in [6.07, 6.45) is 9.21. The lowest BCUT2D eigenvalue weighted by atomic mass is 9.79. The summed E-state index contributed by atoms with van der Waals surface area (Å²) in [7, 11) is 0. The highest BCUT2D eigenvalue weighted by Crippen LogP contribution is 2.44. The van der Waals surface area contributed by atoms with Crippen LogP contribution in [0.1, 0.15) is 36.8 Å². The molecule has 0 radical (unpaired) electrons. The van der Waals surface area contributed by atoms with Crippen LogP contribution < -0.4 is 0 Å². The maximum atomic E-state index is 5.27. The second-order valence-corrected chi connectivity index (χ2v) is 11.6. The fraction of sp³-hybridized carbons (Fsp3) is 0.132. The number of aromatic nitrogens is 3. The molecule has 3 nitrogen and oxygen atoms in total. The molecule has 2 aliphatic rings. The largest absolute Gasteiger partial charge is 0.354 e. The third kappa shape index (κ3) is 3.23. The van der Waals surface area contributed by atoms with Gasteiger partial charge in [-0.25, -0.2) is 4.98 Å². The second kappa shape index (κ2) is 8.55. The molecule has 4 heterocycles. The highest BCUT2D eigenvalue weighted by atomic mass is 14.8.